The number of aliphatic hydroxyl groups is 2. The molecule has 1 heterocycles. The van der Waals surface area contributed by atoms with Gasteiger partial charge in [0, 0.05) is 31.1 Å². The van der Waals surface area contributed by atoms with Gasteiger partial charge in [0.2, 0.25) is 5.79 Å². The number of unbranched alkanes of at least 4 members (excludes halogenated alkanes) is 2. The summed E-state index contributed by atoms with van der Waals surface area (Å²) < 4.78 is 26.8. The topological polar surface area (TPSA) is 119 Å². The first kappa shape index (κ1) is 44.7. The molecular formula is C54H60N2O8. The third-order valence-electron chi connectivity index (χ3n) is 13.2. The van der Waals surface area contributed by atoms with Crippen LogP contribution >= 0.6 is 0 Å². The molecule has 8 rings (SSSR count). The number of rotatable bonds is 19. The minimum absolute atomic E-state index is 0.0606. The average molecular weight is 865 g/mol. The number of methoxy groups -OCH3 is 1. The van der Waals surface area contributed by atoms with Gasteiger partial charge in [-0.25, -0.2) is 4.79 Å². The molecule has 0 spiro atoms. The molecule has 334 valence electrons. The molecule has 6 atom stereocenters. The summed E-state index contributed by atoms with van der Waals surface area (Å²) in [6.45, 7) is 6.91. The monoisotopic (exact) mass is 864 g/mol. The molecule has 1 saturated carbocycles. The minimum atomic E-state index is -1.43. The molecule has 10 heteroatoms. The standard InChI is InChI=1S/C54H60N2O8/c1-4-32-61-54-50(56(53(59)60-3)36-41-21-15-20-39-18-9-10-22-44(39)41)35-48(55-62-5-2)46-33-40(19-11-13-30-57)45(23-12-14-31-58)51(52(46)54)47-34-43(28-29-49(47)64-54)63-42-26-24-38(25-27-42)37-16-7-6-8-17-37/h4,6-10,15-18,20-22,24-29,33-34,40,45,50-52,57-58H,1,5,11-14,19,23,30-32,35-36H2,2-3H3/t40-,45+,50-,51+,52+,54+/m0/s1. The number of carbonyl (C=O) groups excluding carboxylic acids is 1. The van der Waals surface area contributed by atoms with Crippen molar-refractivity contribution < 1.29 is 38.8 Å². The van der Waals surface area contributed by atoms with Crippen LogP contribution in [0.3, 0.4) is 0 Å². The Morgan fingerprint density at radius 2 is 1.59 bits per heavy atom. The molecule has 3 aliphatic rings. The first-order valence-corrected chi connectivity index (χ1v) is 22.8. The molecule has 0 saturated heterocycles. The van der Waals surface area contributed by atoms with E-state index < -0.39 is 23.8 Å². The number of benzene rings is 5. The summed E-state index contributed by atoms with van der Waals surface area (Å²) in [5, 5.41) is 26.9. The summed E-state index contributed by atoms with van der Waals surface area (Å²) in [5.41, 5.74) is 5.85. The zero-order valence-corrected chi connectivity index (χ0v) is 36.9. The Bertz CT molecular complexity index is 2430. The molecule has 64 heavy (non-hydrogen) atoms. The van der Waals surface area contributed by atoms with Crippen molar-refractivity contribution in [2.75, 3.05) is 33.5 Å². The lowest BCUT2D eigenvalue weighted by molar-refractivity contribution is -0.256. The van der Waals surface area contributed by atoms with E-state index in [0.29, 0.717) is 36.7 Å². The molecular weight excluding hydrogens is 805 g/mol. The van der Waals surface area contributed by atoms with E-state index in [-0.39, 0.29) is 50.5 Å². The highest BCUT2D eigenvalue weighted by molar-refractivity contribution is 6.03. The van der Waals surface area contributed by atoms with E-state index in [4.69, 9.17) is 28.9 Å². The van der Waals surface area contributed by atoms with E-state index in [2.05, 4.69) is 61.2 Å². The third kappa shape index (κ3) is 9.18. The number of nitrogens with zero attached hydrogens (tertiary/aromatic N) is 2. The fourth-order valence-electron chi connectivity index (χ4n) is 10.4. The molecule has 2 N–H and O–H groups in total. The van der Waals surface area contributed by atoms with Gasteiger partial charge in [-0.2, -0.15) is 0 Å². The van der Waals surface area contributed by atoms with E-state index in [1.807, 2.05) is 73.7 Å². The van der Waals surface area contributed by atoms with Gasteiger partial charge in [0.05, 0.1) is 31.9 Å². The summed E-state index contributed by atoms with van der Waals surface area (Å²) in [5.74, 6) is 0.0671. The van der Waals surface area contributed by atoms with Crippen LogP contribution in [0.25, 0.3) is 21.9 Å². The molecule has 10 nitrogen and oxygen atoms in total. The molecule has 1 fully saturated rings. The summed E-state index contributed by atoms with van der Waals surface area (Å²) in [4.78, 5) is 22.1. The zero-order chi connectivity index (χ0) is 44.5. The lowest BCUT2D eigenvalue weighted by atomic mass is 9.55. The van der Waals surface area contributed by atoms with Crippen LogP contribution in [0.4, 0.5) is 4.79 Å². The van der Waals surface area contributed by atoms with Crippen LogP contribution in [-0.4, -0.2) is 72.3 Å². The number of amides is 1. The normalized spacial score (nSPS) is 22.7. The lowest BCUT2D eigenvalue weighted by Gasteiger charge is -2.59. The molecule has 5 aromatic carbocycles. The molecule has 1 amide bonds. The molecule has 0 unspecified atom stereocenters. The Kier molecular flexibility index (Phi) is 14.4. The Balaban J connectivity index is 1.30. The van der Waals surface area contributed by atoms with Gasteiger partial charge in [0.25, 0.3) is 0 Å². The van der Waals surface area contributed by atoms with Crippen molar-refractivity contribution in [2.24, 2.45) is 22.9 Å². The predicted molar refractivity (Wildman–Crippen MR) is 250 cm³/mol. The predicted octanol–water partition coefficient (Wildman–Crippen LogP) is 11.2. The van der Waals surface area contributed by atoms with Gasteiger partial charge in [-0.05, 0) is 108 Å². The summed E-state index contributed by atoms with van der Waals surface area (Å²) in [6, 6.07) is 37.9. The number of hydrogen-bond donors (Lipinski definition) is 2. The van der Waals surface area contributed by atoms with Gasteiger partial charge in [-0.3, -0.25) is 4.90 Å². The van der Waals surface area contributed by atoms with Crippen LogP contribution in [0.2, 0.25) is 0 Å². The van der Waals surface area contributed by atoms with Crippen LogP contribution in [0.1, 0.15) is 68.9 Å². The van der Waals surface area contributed by atoms with Gasteiger partial charge in [-0.1, -0.05) is 115 Å². The SMILES string of the molecule is C=CCO[C@@]12Oc3ccc(Oc4ccc(-c5ccccc5)cc4)cc3[C@H]3[C@H](CCCCO)[C@@H](CCCCO)C=C(C(=NOCC)C[C@@H]1N(Cc1cccc4ccccc14)C(=O)OC)[C@H]32. The zero-order valence-electron chi connectivity index (χ0n) is 36.9. The van der Waals surface area contributed by atoms with Crippen molar-refractivity contribution in [1.29, 1.82) is 0 Å². The minimum Gasteiger partial charge on any atom is -0.459 e. The highest BCUT2D eigenvalue weighted by Crippen LogP contribution is 2.62. The van der Waals surface area contributed by atoms with Crippen LogP contribution in [0, 0.1) is 17.8 Å². The maximum atomic E-state index is 14.4. The average Bonchev–Trinajstić information content (AvgIpc) is 3.33. The van der Waals surface area contributed by atoms with Gasteiger partial charge in [0.15, 0.2) is 0 Å². The second-order valence-corrected chi connectivity index (χ2v) is 16.9. The van der Waals surface area contributed by atoms with E-state index in [1.54, 1.807) is 11.0 Å². The fourth-order valence-corrected chi connectivity index (χ4v) is 10.4. The van der Waals surface area contributed by atoms with Crippen molar-refractivity contribution in [3.05, 3.63) is 151 Å². The van der Waals surface area contributed by atoms with Crippen molar-refractivity contribution >= 4 is 22.6 Å². The largest absolute Gasteiger partial charge is 0.459 e. The highest BCUT2D eigenvalue weighted by atomic mass is 16.7. The number of allylic oxidation sites excluding steroid dienone is 1. The molecule has 0 radical (unpaired) electrons. The second kappa shape index (κ2) is 20.7. The molecule has 0 bridgehead atoms. The molecule has 2 aliphatic carbocycles. The third-order valence-corrected chi connectivity index (χ3v) is 13.2. The molecule has 5 aromatic rings. The summed E-state index contributed by atoms with van der Waals surface area (Å²) in [6.07, 6.45) is 8.47. The molecule has 1 aliphatic heterocycles. The van der Waals surface area contributed by atoms with Gasteiger partial charge in [-0.15, -0.1) is 6.58 Å². The van der Waals surface area contributed by atoms with Crippen molar-refractivity contribution in [2.45, 2.75) is 76.2 Å². The smallest absolute Gasteiger partial charge is 0.410 e. The Hall–Kier alpha value is -5.94. The number of carbonyl (C=O) groups is 1. The Labute approximate surface area is 376 Å². The molecule has 0 aromatic heterocycles. The fraction of sp³-hybridized carbons (Fsp3) is 0.370. The Morgan fingerprint density at radius 1 is 0.875 bits per heavy atom. The van der Waals surface area contributed by atoms with Gasteiger partial charge in [0.1, 0.15) is 29.9 Å². The van der Waals surface area contributed by atoms with Gasteiger partial charge >= 0.3 is 6.09 Å². The number of hydrogen-bond acceptors (Lipinski definition) is 9. The first-order chi connectivity index (χ1) is 31.4. The van der Waals surface area contributed by atoms with Crippen LogP contribution in [0.5, 0.6) is 17.2 Å². The van der Waals surface area contributed by atoms with Crippen molar-refractivity contribution in [3.8, 4) is 28.4 Å². The van der Waals surface area contributed by atoms with E-state index in [1.165, 1.54) is 7.11 Å². The van der Waals surface area contributed by atoms with Crippen LogP contribution in [-0.2, 0) is 20.9 Å². The van der Waals surface area contributed by atoms with E-state index in [9.17, 15) is 15.0 Å². The number of fused-ring (bicyclic) bond motifs is 3. The number of oxime groups is 1. The van der Waals surface area contributed by atoms with E-state index in [0.717, 1.165) is 70.0 Å². The first-order valence-electron chi connectivity index (χ1n) is 22.8. The Morgan fingerprint density at radius 3 is 2.34 bits per heavy atom. The summed E-state index contributed by atoms with van der Waals surface area (Å²) in [7, 11) is 1.41. The maximum Gasteiger partial charge on any atom is 0.410 e. The van der Waals surface area contributed by atoms with E-state index >= 15 is 0 Å². The summed E-state index contributed by atoms with van der Waals surface area (Å²) >= 11 is 0. The number of ether oxygens (including phenoxy) is 4. The quantitative estimate of drug-likeness (QED) is 0.0478. The lowest BCUT2D eigenvalue weighted by Crippen LogP contribution is -2.70. The van der Waals surface area contributed by atoms with Crippen molar-refractivity contribution in [1.82, 2.24) is 4.90 Å². The maximum absolute atomic E-state index is 14.4. The van der Waals surface area contributed by atoms with Crippen LogP contribution in [0.15, 0.2) is 145 Å². The number of aliphatic hydroxyl groups excluding tert-OH is 2. The second-order valence-electron chi connectivity index (χ2n) is 16.9. The van der Waals surface area contributed by atoms with Gasteiger partial charge < -0.3 is 34.0 Å². The van der Waals surface area contributed by atoms with Crippen LogP contribution < -0.4 is 9.47 Å². The van der Waals surface area contributed by atoms with Crippen molar-refractivity contribution in [3.63, 3.8) is 0 Å². The highest BCUT2D eigenvalue weighted by Gasteiger charge is 2.65.